The number of benzene rings is 1. The lowest BCUT2D eigenvalue weighted by molar-refractivity contribution is 0.114. The number of hydrogen-bond acceptors (Lipinski definition) is 5. The smallest absolute Gasteiger partial charge is 0.163 e. The van der Waals surface area contributed by atoms with E-state index in [0.717, 1.165) is 53.0 Å². The molecule has 3 aromatic rings. The van der Waals surface area contributed by atoms with Crippen molar-refractivity contribution in [2.45, 2.75) is 39.0 Å². The van der Waals surface area contributed by atoms with E-state index in [4.69, 9.17) is 24.3 Å². The molecule has 1 aromatic carbocycles. The van der Waals surface area contributed by atoms with E-state index >= 15 is 0 Å². The van der Waals surface area contributed by atoms with Crippen molar-refractivity contribution in [3.63, 3.8) is 0 Å². The third-order valence-electron chi connectivity index (χ3n) is 5.83. The van der Waals surface area contributed by atoms with E-state index in [1.54, 1.807) is 21.3 Å². The Labute approximate surface area is 171 Å². The number of nitrogens with zero attached hydrogens (tertiary/aromatic N) is 3. The Bertz CT molecular complexity index is 1040. The van der Waals surface area contributed by atoms with Crippen LogP contribution in [0.1, 0.15) is 40.5 Å². The highest BCUT2D eigenvalue weighted by Crippen LogP contribution is 2.36. The highest BCUT2D eigenvalue weighted by molar-refractivity contribution is 5.82. The van der Waals surface area contributed by atoms with E-state index in [2.05, 4.69) is 26.0 Å². The van der Waals surface area contributed by atoms with E-state index in [1.807, 2.05) is 10.6 Å². The predicted molar refractivity (Wildman–Crippen MR) is 113 cm³/mol. The quantitative estimate of drug-likeness (QED) is 0.607. The van der Waals surface area contributed by atoms with Crippen LogP contribution in [-0.2, 0) is 22.3 Å². The molecule has 0 N–H and O–H groups in total. The SMILES string of the molecule is COCC(COC)c1c2c(nc3c(-c4ccc(OC)cc4C)c(C)nn13)CCC2. The van der Waals surface area contributed by atoms with E-state index < -0.39 is 0 Å². The van der Waals surface area contributed by atoms with Crippen molar-refractivity contribution in [3.05, 3.63) is 46.4 Å². The van der Waals surface area contributed by atoms with E-state index in [0.29, 0.717) is 13.2 Å². The Hall–Kier alpha value is -2.44. The summed E-state index contributed by atoms with van der Waals surface area (Å²) in [6.07, 6.45) is 3.18. The van der Waals surface area contributed by atoms with Crippen LogP contribution in [0.4, 0.5) is 0 Å². The van der Waals surface area contributed by atoms with Crippen molar-refractivity contribution >= 4 is 5.65 Å². The second-order valence-electron chi connectivity index (χ2n) is 7.76. The fraction of sp³-hybridized carbons (Fsp3) is 0.478. The number of hydrogen-bond donors (Lipinski definition) is 0. The van der Waals surface area contributed by atoms with Gasteiger partial charge in [-0.15, -0.1) is 0 Å². The second-order valence-corrected chi connectivity index (χ2v) is 7.76. The average Bonchev–Trinajstić information content (AvgIpc) is 3.29. The van der Waals surface area contributed by atoms with Crippen LogP contribution in [-0.4, -0.2) is 49.1 Å². The molecule has 1 aliphatic rings. The van der Waals surface area contributed by atoms with Crippen molar-refractivity contribution in [1.29, 1.82) is 0 Å². The number of ether oxygens (including phenoxy) is 3. The summed E-state index contributed by atoms with van der Waals surface area (Å²) in [5, 5.41) is 4.95. The topological polar surface area (TPSA) is 57.9 Å². The lowest BCUT2D eigenvalue weighted by Crippen LogP contribution is -2.19. The van der Waals surface area contributed by atoms with Crippen LogP contribution in [0.15, 0.2) is 18.2 Å². The molecule has 0 aliphatic heterocycles. The molecule has 0 saturated heterocycles. The second kappa shape index (κ2) is 8.13. The molecule has 4 rings (SSSR count). The van der Waals surface area contributed by atoms with Gasteiger partial charge >= 0.3 is 0 Å². The lowest BCUT2D eigenvalue weighted by atomic mass is 9.98. The zero-order valence-electron chi connectivity index (χ0n) is 17.9. The van der Waals surface area contributed by atoms with Crippen molar-refractivity contribution in [2.24, 2.45) is 0 Å². The zero-order chi connectivity index (χ0) is 20.5. The maximum Gasteiger partial charge on any atom is 0.163 e. The van der Waals surface area contributed by atoms with Crippen LogP contribution >= 0.6 is 0 Å². The molecule has 0 radical (unpaired) electrons. The van der Waals surface area contributed by atoms with Gasteiger partial charge in [0.05, 0.1) is 31.7 Å². The van der Waals surface area contributed by atoms with E-state index in [1.165, 1.54) is 17.0 Å². The van der Waals surface area contributed by atoms with Crippen molar-refractivity contribution in [3.8, 4) is 16.9 Å². The minimum Gasteiger partial charge on any atom is -0.497 e. The molecule has 0 bridgehead atoms. The fourth-order valence-corrected chi connectivity index (χ4v) is 4.56. The van der Waals surface area contributed by atoms with Crippen LogP contribution in [0.5, 0.6) is 5.75 Å². The van der Waals surface area contributed by atoms with Crippen LogP contribution in [0, 0.1) is 13.8 Å². The molecule has 29 heavy (non-hydrogen) atoms. The minimum absolute atomic E-state index is 0.117. The molecule has 154 valence electrons. The summed E-state index contributed by atoms with van der Waals surface area (Å²) in [5.41, 5.74) is 8.98. The molecule has 6 nitrogen and oxygen atoms in total. The highest BCUT2D eigenvalue weighted by atomic mass is 16.5. The van der Waals surface area contributed by atoms with Gasteiger partial charge in [-0.2, -0.15) is 5.10 Å². The summed E-state index contributed by atoms with van der Waals surface area (Å²) in [7, 11) is 5.17. The zero-order valence-corrected chi connectivity index (χ0v) is 17.9. The van der Waals surface area contributed by atoms with Gasteiger partial charge in [-0.05, 0) is 61.9 Å². The van der Waals surface area contributed by atoms with E-state index in [-0.39, 0.29) is 5.92 Å². The highest BCUT2D eigenvalue weighted by Gasteiger charge is 2.28. The average molecular weight is 396 g/mol. The third kappa shape index (κ3) is 3.40. The summed E-state index contributed by atoms with van der Waals surface area (Å²) >= 11 is 0. The first-order chi connectivity index (χ1) is 14.1. The largest absolute Gasteiger partial charge is 0.497 e. The van der Waals surface area contributed by atoms with Crippen LogP contribution < -0.4 is 4.74 Å². The Balaban J connectivity index is 1.98. The summed E-state index contributed by atoms with van der Waals surface area (Å²) < 4.78 is 18.5. The summed E-state index contributed by atoms with van der Waals surface area (Å²) in [5.74, 6) is 0.974. The Morgan fingerprint density at radius 3 is 2.48 bits per heavy atom. The predicted octanol–water partition coefficient (Wildman–Crippen LogP) is 3.89. The van der Waals surface area contributed by atoms with Gasteiger partial charge in [-0.1, -0.05) is 6.07 Å². The first kappa shape index (κ1) is 19.9. The first-order valence-corrected chi connectivity index (χ1v) is 10.1. The van der Waals surface area contributed by atoms with Gasteiger partial charge < -0.3 is 14.2 Å². The molecule has 0 spiro atoms. The van der Waals surface area contributed by atoms with E-state index in [9.17, 15) is 0 Å². The maximum atomic E-state index is 5.53. The number of rotatable bonds is 7. The molecule has 2 heterocycles. The Morgan fingerprint density at radius 1 is 1.07 bits per heavy atom. The van der Waals surface area contributed by atoms with Crippen molar-refractivity contribution in [2.75, 3.05) is 34.5 Å². The first-order valence-electron chi connectivity index (χ1n) is 10.1. The summed E-state index contributed by atoms with van der Waals surface area (Å²) in [6.45, 7) is 5.35. The molecule has 6 heteroatoms. The van der Waals surface area contributed by atoms with Gasteiger partial charge in [-0.25, -0.2) is 9.50 Å². The monoisotopic (exact) mass is 395 g/mol. The van der Waals surface area contributed by atoms with Crippen LogP contribution in [0.2, 0.25) is 0 Å². The summed E-state index contributed by atoms with van der Waals surface area (Å²) in [6, 6.07) is 6.16. The summed E-state index contributed by atoms with van der Waals surface area (Å²) in [4.78, 5) is 5.09. The van der Waals surface area contributed by atoms with Gasteiger partial charge in [0.15, 0.2) is 5.65 Å². The molecule has 2 aromatic heterocycles. The maximum absolute atomic E-state index is 5.53. The molecular weight excluding hydrogens is 366 g/mol. The van der Waals surface area contributed by atoms with Gasteiger partial charge in [-0.3, -0.25) is 0 Å². The molecule has 0 amide bonds. The third-order valence-corrected chi connectivity index (χ3v) is 5.83. The standard InChI is InChI=1S/C23H29N3O3/c1-14-11-17(29-5)9-10-18(14)21-15(2)25-26-22(16(12-27-3)13-28-4)19-7-6-8-20(19)24-23(21)26/h9-11,16H,6-8,12-13H2,1-5H3. The minimum atomic E-state index is 0.117. The number of methoxy groups -OCH3 is 3. The molecule has 0 unspecified atom stereocenters. The van der Waals surface area contributed by atoms with Gasteiger partial charge in [0.25, 0.3) is 0 Å². The van der Waals surface area contributed by atoms with Gasteiger partial charge in [0, 0.05) is 31.4 Å². The number of aryl methyl sites for hydroxylation is 3. The molecule has 0 fully saturated rings. The molecular formula is C23H29N3O3. The van der Waals surface area contributed by atoms with Crippen LogP contribution in [0.25, 0.3) is 16.8 Å². The lowest BCUT2D eigenvalue weighted by Gasteiger charge is -2.20. The van der Waals surface area contributed by atoms with Crippen molar-refractivity contribution < 1.29 is 14.2 Å². The van der Waals surface area contributed by atoms with Gasteiger partial charge in [0.2, 0.25) is 0 Å². The molecule has 1 aliphatic carbocycles. The van der Waals surface area contributed by atoms with Crippen molar-refractivity contribution in [1.82, 2.24) is 14.6 Å². The number of fused-ring (bicyclic) bond motifs is 2. The normalized spacial score (nSPS) is 13.4. The molecule has 0 saturated carbocycles. The Kier molecular flexibility index (Phi) is 5.56. The van der Waals surface area contributed by atoms with Crippen LogP contribution in [0.3, 0.4) is 0 Å². The number of aromatic nitrogens is 3. The van der Waals surface area contributed by atoms with Gasteiger partial charge in [0.1, 0.15) is 5.75 Å². The Morgan fingerprint density at radius 2 is 1.83 bits per heavy atom. The molecule has 0 atom stereocenters. The fourth-order valence-electron chi connectivity index (χ4n) is 4.56.